The molecule has 0 radical (unpaired) electrons. The molecule has 0 aromatic heterocycles. The third kappa shape index (κ3) is 31.4. The summed E-state index contributed by atoms with van der Waals surface area (Å²) in [6.07, 6.45) is 0. The number of hydrogen-bond donors (Lipinski definition) is 2. The Morgan fingerprint density at radius 2 is 0.586 bits per heavy atom. The summed E-state index contributed by atoms with van der Waals surface area (Å²) < 4.78 is 90.8. The molecule has 17 heteroatoms. The molecule has 1 rings (SSSR count). The maximum atomic E-state index is 9.51. The Labute approximate surface area is 212 Å². The van der Waals surface area contributed by atoms with Crippen LogP contribution in [-0.4, -0.2) is 157 Å². The Morgan fingerprint density at radius 1 is 0.448 bits per heavy atom. The minimum atomic E-state index is -5.02. The summed E-state index contributed by atoms with van der Waals surface area (Å²) in [5.41, 5.74) is 0. The van der Waals surface area contributed by atoms with Crippen molar-refractivity contribution in [3.8, 4) is 0 Å². The van der Waals surface area contributed by atoms with Gasteiger partial charge in [-0.2, -0.15) is 16.8 Å². The summed E-state index contributed by atoms with van der Waals surface area (Å²) in [5.74, 6) is 0. The molecule has 1 aliphatic rings. The number of ether oxygens (including phenoxy) is 6. The van der Waals surface area contributed by atoms with Crippen molar-refractivity contribution in [2.75, 3.05) is 79.3 Å². The molecular weight excluding hydrogens is 471 g/mol. The van der Waals surface area contributed by atoms with Gasteiger partial charge in [-0.15, -0.1) is 0 Å². The van der Waals surface area contributed by atoms with E-state index in [-0.39, 0.29) is 51.4 Å². The molecule has 1 aliphatic heterocycles. The van der Waals surface area contributed by atoms with E-state index in [0.717, 1.165) is 0 Å². The van der Waals surface area contributed by atoms with Crippen molar-refractivity contribution in [1.82, 2.24) is 0 Å². The summed E-state index contributed by atoms with van der Waals surface area (Å²) in [7, 11) is -10.0. The van der Waals surface area contributed by atoms with Crippen LogP contribution in [0.1, 0.15) is 0 Å². The summed E-state index contributed by atoms with van der Waals surface area (Å²) in [6, 6.07) is 0. The van der Waals surface area contributed by atoms with Gasteiger partial charge in [0.25, 0.3) is 0 Å². The van der Waals surface area contributed by atoms with Gasteiger partial charge in [-0.3, -0.25) is 9.11 Å². The van der Waals surface area contributed by atoms with Crippen molar-refractivity contribution < 1.29 is 63.0 Å². The van der Waals surface area contributed by atoms with Crippen LogP contribution in [0.25, 0.3) is 0 Å². The third-order valence-electron chi connectivity index (χ3n) is 2.43. The fraction of sp³-hybridized carbons (Fsp3) is 1.00. The molecule has 0 aliphatic carbocycles. The SMILES string of the molecule is C1COCCOCCOCCOCCOCCO1.O=S(=O)(O)OOS(=O)(=O)O.[KH]. The van der Waals surface area contributed by atoms with Crippen molar-refractivity contribution >= 4 is 72.2 Å². The maximum absolute atomic E-state index is 9.51. The van der Waals surface area contributed by atoms with Crippen LogP contribution in [0.5, 0.6) is 0 Å². The first-order chi connectivity index (χ1) is 13.2. The molecule has 0 unspecified atom stereocenters. The zero-order chi connectivity index (χ0) is 21.1. The predicted molar refractivity (Wildman–Crippen MR) is 97.3 cm³/mol. The van der Waals surface area contributed by atoms with E-state index >= 15 is 0 Å². The van der Waals surface area contributed by atoms with E-state index in [9.17, 15) is 16.8 Å². The van der Waals surface area contributed by atoms with Gasteiger partial charge in [0.2, 0.25) is 0 Å². The molecule has 0 spiro atoms. The first-order valence-electron chi connectivity index (χ1n) is 8.00. The molecule has 1 heterocycles. The van der Waals surface area contributed by atoms with E-state index in [4.69, 9.17) is 37.5 Å². The molecular formula is C12H27KO14S2. The molecule has 0 saturated carbocycles. The van der Waals surface area contributed by atoms with Crippen LogP contribution in [0, 0.1) is 0 Å². The van der Waals surface area contributed by atoms with Crippen molar-refractivity contribution in [3.63, 3.8) is 0 Å². The van der Waals surface area contributed by atoms with Crippen molar-refractivity contribution in [2.45, 2.75) is 0 Å². The first kappa shape index (κ1) is 32.3. The molecule has 1 saturated heterocycles. The Balaban J connectivity index is 0. The van der Waals surface area contributed by atoms with Crippen LogP contribution in [0.15, 0.2) is 0 Å². The zero-order valence-corrected chi connectivity index (χ0v) is 16.7. The van der Waals surface area contributed by atoms with Crippen LogP contribution in [0.3, 0.4) is 0 Å². The van der Waals surface area contributed by atoms with Crippen LogP contribution >= 0.6 is 0 Å². The number of hydrogen-bond acceptors (Lipinski definition) is 12. The van der Waals surface area contributed by atoms with Crippen molar-refractivity contribution in [3.05, 3.63) is 0 Å². The normalized spacial score (nSPS) is 19.5. The molecule has 14 nitrogen and oxygen atoms in total. The minimum absolute atomic E-state index is 0. The van der Waals surface area contributed by atoms with E-state index in [2.05, 4.69) is 8.67 Å². The molecule has 0 aromatic carbocycles. The van der Waals surface area contributed by atoms with E-state index in [1.165, 1.54) is 0 Å². The second-order valence-corrected chi connectivity index (χ2v) is 6.65. The Morgan fingerprint density at radius 3 is 0.690 bits per heavy atom. The van der Waals surface area contributed by atoms with Crippen LogP contribution in [-0.2, 0) is 57.9 Å². The molecule has 0 atom stereocenters. The van der Waals surface area contributed by atoms with Crippen molar-refractivity contribution in [2.24, 2.45) is 0 Å². The quantitative estimate of drug-likeness (QED) is 0.188. The van der Waals surface area contributed by atoms with Crippen molar-refractivity contribution in [1.29, 1.82) is 0 Å². The second kappa shape index (κ2) is 21.0. The summed E-state index contributed by atoms with van der Waals surface area (Å²) >= 11 is 0. The van der Waals surface area contributed by atoms with Gasteiger partial charge in [0.05, 0.1) is 79.3 Å². The molecule has 1 fully saturated rings. The van der Waals surface area contributed by atoms with Gasteiger partial charge in [-0.25, -0.2) is 0 Å². The van der Waals surface area contributed by atoms with E-state index in [0.29, 0.717) is 79.3 Å². The van der Waals surface area contributed by atoms with Crippen LogP contribution in [0.4, 0.5) is 0 Å². The summed E-state index contributed by atoms with van der Waals surface area (Å²) in [4.78, 5) is 0. The first-order valence-corrected chi connectivity index (χ1v) is 10.7. The molecule has 172 valence electrons. The Kier molecular flexibility index (Phi) is 23.4. The fourth-order valence-electron chi connectivity index (χ4n) is 1.39. The standard InChI is InChI=1S/C12H24O6.K.H2O8S2.H/c1-2-14-5-6-16-9-10-18-12-11-17-8-7-15-4-3-13-1;;1-9(2,3)7-8-10(4,5)6;/h1-12H2;;(H,1,2,3)(H,4,5,6);. The van der Waals surface area contributed by atoms with Gasteiger partial charge in [-0.05, 0) is 0 Å². The van der Waals surface area contributed by atoms with E-state index < -0.39 is 20.8 Å². The topological polar surface area (TPSA) is 183 Å². The number of rotatable bonds is 3. The molecule has 2 N–H and O–H groups in total. The van der Waals surface area contributed by atoms with Gasteiger partial charge in [0.1, 0.15) is 0 Å². The Bertz CT molecular complexity index is 448. The van der Waals surface area contributed by atoms with E-state index in [1.807, 2.05) is 0 Å². The van der Waals surface area contributed by atoms with Gasteiger partial charge >= 0.3 is 72.2 Å². The van der Waals surface area contributed by atoms with Gasteiger partial charge < -0.3 is 28.4 Å². The average molecular weight is 499 g/mol. The Hall–Kier alpha value is 1.14. The van der Waals surface area contributed by atoms with Crippen LogP contribution in [0.2, 0.25) is 0 Å². The fourth-order valence-corrected chi connectivity index (χ4v) is 1.95. The average Bonchev–Trinajstić information content (AvgIpc) is 2.60. The molecule has 0 amide bonds. The molecule has 0 bridgehead atoms. The summed E-state index contributed by atoms with van der Waals surface area (Å²) in [5, 5.41) is 0. The van der Waals surface area contributed by atoms with Gasteiger partial charge in [0.15, 0.2) is 0 Å². The molecule has 0 aromatic rings. The predicted octanol–water partition coefficient (Wildman–Crippen LogP) is -2.01. The van der Waals surface area contributed by atoms with Gasteiger partial charge in [-0.1, -0.05) is 8.67 Å². The monoisotopic (exact) mass is 498 g/mol. The summed E-state index contributed by atoms with van der Waals surface area (Å²) in [6.45, 7) is 7.04. The van der Waals surface area contributed by atoms with Crippen LogP contribution < -0.4 is 0 Å². The second-order valence-electron chi connectivity index (χ2n) is 4.67. The van der Waals surface area contributed by atoms with E-state index in [1.54, 1.807) is 0 Å². The molecule has 29 heavy (non-hydrogen) atoms. The third-order valence-corrected chi connectivity index (χ3v) is 3.00. The van der Waals surface area contributed by atoms with Gasteiger partial charge in [0, 0.05) is 0 Å². The zero-order valence-electron chi connectivity index (χ0n) is 15.1.